The van der Waals surface area contributed by atoms with Gasteiger partial charge in [-0.15, -0.1) is 5.92 Å². The Morgan fingerprint density at radius 2 is 2.21 bits per heavy atom. The van der Waals surface area contributed by atoms with Crippen molar-refractivity contribution in [3.63, 3.8) is 0 Å². The third-order valence-electron chi connectivity index (χ3n) is 1.69. The molecule has 0 aliphatic carbocycles. The standard InChI is InChI=1S/C8H12N2O2.C2H6/c1-2-3-6-4-7(5-10-6)12-8(9)11;1-2/h6-7,10H,4-5H2,1H3,(H2,9,11);1-2H3. The molecule has 0 bridgehead atoms. The van der Waals surface area contributed by atoms with E-state index in [1.54, 1.807) is 6.92 Å². The van der Waals surface area contributed by atoms with Crippen LogP contribution in [-0.2, 0) is 4.74 Å². The van der Waals surface area contributed by atoms with Crippen LogP contribution in [0.15, 0.2) is 0 Å². The van der Waals surface area contributed by atoms with Gasteiger partial charge in [-0.25, -0.2) is 4.79 Å². The Morgan fingerprint density at radius 3 is 2.71 bits per heavy atom. The van der Waals surface area contributed by atoms with Crippen molar-refractivity contribution in [1.29, 1.82) is 0 Å². The Hall–Kier alpha value is -1.21. The van der Waals surface area contributed by atoms with Gasteiger partial charge in [-0.05, 0) is 6.92 Å². The number of carbonyl (C=O) groups is 1. The van der Waals surface area contributed by atoms with Crippen LogP contribution >= 0.6 is 0 Å². The number of nitrogens with one attached hydrogen (secondary N) is 1. The fraction of sp³-hybridized carbons (Fsp3) is 0.700. The number of nitrogens with two attached hydrogens (primary N) is 1. The van der Waals surface area contributed by atoms with Crippen molar-refractivity contribution in [3.8, 4) is 11.8 Å². The monoisotopic (exact) mass is 198 g/mol. The molecule has 1 heterocycles. The third kappa shape index (κ3) is 4.73. The highest BCUT2D eigenvalue weighted by atomic mass is 16.6. The number of hydrogen-bond acceptors (Lipinski definition) is 3. The molecule has 4 nitrogen and oxygen atoms in total. The average molecular weight is 198 g/mol. The molecule has 2 atom stereocenters. The lowest BCUT2D eigenvalue weighted by atomic mass is 10.2. The molecule has 1 saturated heterocycles. The highest BCUT2D eigenvalue weighted by molar-refractivity contribution is 5.64. The summed E-state index contributed by atoms with van der Waals surface area (Å²) in [4.78, 5) is 10.4. The van der Waals surface area contributed by atoms with Crippen molar-refractivity contribution in [2.24, 2.45) is 5.73 Å². The minimum absolute atomic E-state index is 0.117. The van der Waals surface area contributed by atoms with Crippen molar-refractivity contribution >= 4 is 6.09 Å². The molecule has 1 fully saturated rings. The molecule has 0 aromatic rings. The first kappa shape index (κ1) is 12.8. The van der Waals surface area contributed by atoms with Crippen molar-refractivity contribution in [2.45, 2.75) is 39.3 Å². The number of primary amides is 1. The van der Waals surface area contributed by atoms with Crippen LogP contribution in [0.25, 0.3) is 0 Å². The minimum Gasteiger partial charge on any atom is -0.445 e. The molecular weight excluding hydrogens is 180 g/mol. The Kier molecular flexibility index (Phi) is 6.59. The van der Waals surface area contributed by atoms with E-state index in [0.717, 1.165) is 6.42 Å². The smallest absolute Gasteiger partial charge is 0.404 e. The minimum atomic E-state index is -0.716. The van der Waals surface area contributed by atoms with Crippen molar-refractivity contribution in [3.05, 3.63) is 0 Å². The van der Waals surface area contributed by atoms with Gasteiger partial charge in [-0.2, -0.15) is 0 Å². The van der Waals surface area contributed by atoms with Crippen LogP contribution < -0.4 is 11.1 Å². The maximum absolute atomic E-state index is 10.4. The molecule has 1 aliphatic rings. The van der Waals surface area contributed by atoms with Gasteiger partial charge < -0.3 is 10.5 Å². The second-order valence-electron chi connectivity index (χ2n) is 2.65. The maximum Gasteiger partial charge on any atom is 0.404 e. The number of rotatable bonds is 1. The third-order valence-corrected chi connectivity index (χ3v) is 1.69. The summed E-state index contributed by atoms with van der Waals surface area (Å²) in [6.45, 7) is 6.42. The van der Waals surface area contributed by atoms with E-state index < -0.39 is 6.09 Å². The van der Waals surface area contributed by atoms with Crippen LogP contribution in [-0.4, -0.2) is 24.8 Å². The van der Waals surface area contributed by atoms with Gasteiger partial charge >= 0.3 is 6.09 Å². The predicted octanol–water partition coefficient (Wildman–Crippen LogP) is 0.862. The van der Waals surface area contributed by atoms with Gasteiger partial charge in [-0.3, -0.25) is 5.32 Å². The molecular formula is C10H18N2O2. The molecule has 0 aromatic carbocycles. The topological polar surface area (TPSA) is 64.3 Å². The Bertz CT molecular complexity index is 230. The van der Waals surface area contributed by atoms with Crippen LogP contribution in [0.2, 0.25) is 0 Å². The first-order valence-corrected chi connectivity index (χ1v) is 4.84. The molecule has 0 aromatic heterocycles. The number of ether oxygens (including phenoxy) is 1. The van der Waals surface area contributed by atoms with E-state index >= 15 is 0 Å². The Labute approximate surface area is 85.2 Å². The van der Waals surface area contributed by atoms with Gasteiger partial charge in [0.15, 0.2) is 0 Å². The molecule has 2 unspecified atom stereocenters. The summed E-state index contributed by atoms with van der Waals surface area (Å²) in [5.41, 5.74) is 4.87. The van der Waals surface area contributed by atoms with Crippen molar-refractivity contribution < 1.29 is 9.53 Å². The lowest BCUT2D eigenvalue weighted by molar-refractivity contribution is 0.116. The normalized spacial score (nSPS) is 23.9. The molecule has 0 spiro atoms. The highest BCUT2D eigenvalue weighted by Crippen LogP contribution is 2.09. The van der Waals surface area contributed by atoms with E-state index in [4.69, 9.17) is 10.5 Å². The summed E-state index contributed by atoms with van der Waals surface area (Å²) in [6, 6.07) is 0.138. The lowest BCUT2D eigenvalue weighted by Crippen LogP contribution is -2.24. The molecule has 4 heteroatoms. The molecule has 14 heavy (non-hydrogen) atoms. The van der Waals surface area contributed by atoms with Gasteiger partial charge in [0.25, 0.3) is 0 Å². The number of amides is 1. The Morgan fingerprint density at radius 1 is 1.57 bits per heavy atom. The van der Waals surface area contributed by atoms with Gasteiger partial charge in [0, 0.05) is 13.0 Å². The summed E-state index contributed by atoms with van der Waals surface area (Å²) in [5, 5.41) is 3.11. The molecule has 80 valence electrons. The largest absolute Gasteiger partial charge is 0.445 e. The van der Waals surface area contributed by atoms with Gasteiger partial charge in [0.1, 0.15) is 6.10 Å². The fourth-order valence-electron chi connectivity index (χ4n) is 1.24. The summed E-state index contributed by atoms with van der Waals surface area (Å²) in [7, 11) is 0. The molecule has 1 rings (SSSR count). The lowest BCUT2D eigenvalue weighted by Gasteiger charge is -2.06. The summed E-state index contributed by atoms with van der Waals surface area (Å²) >= 11 is 0. The van der Waals surface area contributed by atoms with Crippen LogP contribution in [0.3, 0.4) is 0 Å². The zero-order chi connectivity index (χ0) is 11.0. The van der Waals surface area contributed by atoms with Gasteiger partial charge in [0.05, 0.1) is 6.04 Å². The molecule has 3 N–H and O–H groups in total. The van der Waals surface area contributed by atoms with Gasteiger partial charge in [0.2, 0.25) is 0 Å². The van der Waals surface area contributed by atoms with Gasteiger partial charge in [-0.1, -0.05) is 19.8 Å². The van der Waals surface area contributed by atoms with Crippen LogP contribution in [0.1, 0.15) is 27.2 Å². The van der Waals surface area contributed by atoms with E-state index in [1.807, 2.05) is 13.8 Å². The molecule has 1 amide bonds. The highest BCUT2D eigenvalue weighted by Gasteiger charge is 2.24. The van der Waals surface area contributed by atoms with Crippen molar-refractivity contribution in [2.75, 3.05) is 6.54 Å². The zero-order valence-electron chi connectivity index (χ0n) is 8.96. The predicted molar refractivity (Wildman–Crippen MR) is 55.7 cm³/mol. The quantitative estimate of drug-likeness (QED) is 0.614. The first-order chi connectivity index (χ1) is 6.72. The molecule has 1 aliphatic heterocycles. The maximum atomic E-state index is 10.4. The zero-order valence-corrected chi connectivity index (χ0v) is 8.96. The summed E-state index contributed by atoms with van der Waals surface area (Å²) in [5.74, 6) is 5.75. The van der Waals surface area contributed by atoms with Crippen LogP contribution in [0, 0.1) is 11.8 Å². The van der Waals surface area contributed by atoms with E-state index in [-0.39, 0.29) is 12.1 Å². The number of carbonyl (C=O) groups excluding carboxylic acids is 1. The van der Waals surface area contributed by atoms with E-state index in [9.17, 15) is 4.79 Å². The number of hydrogen-bond donors (Lipinski definition) is 2. The first-order valence-electron chi connectivity index (χ1n) is 4.84. The average Bonchev–Trinajstić information content (AvgIpc) is 2.56. The Balaban J connectivity index is 0.000000791. The van der Waals surface area contributed by atoms with Crippen molar-refractivity contribution in [1.82, 2.24) is 5.32 Å². The second-order valence-corrected chi connectivity index (χ2v) is 2.65. The fourth-order valence-corrected chi connectivity index (χ4v) is 1.24. The molecule has 0 radical (unpaired) electrons. The SMILES string of the molecule is CC.CC#CC1CC(OC(N)=O)CN1. The van der Waals surface area contributed by atoms with Crippen LogP contribution in [0.4, 0.5) is 4.79 Å². The van der Waals surface area contributed by atoms with E-state index in [2.05, 4.69) is 17.2 Å². The van der Waals surface area contributed by atoms with Crippen LogP contribution in [0.5, 0.6) is 0 Å². The van der Waals surface area contributed by atoms with E-state index in [1.165, 1.54) is 0 Å². The van der Waals surface area contributed by atoms with E-state index in [0.29, 0.717) is 6.54 Å². The summed E-state index contributed by atoms with van der Waals surface area (Å²) in [6.07, 6.45) is -0.107. The second kappa shape index (κ2) is 7.22. The summed E-state index contributed by atoms with van der Waals surface area (Å²) < 4.78 is 4.80. The molecule has 0 saturated carbocycles.